The van der Waals surface area contributed by atoms with E-state index in [9.17, 15) is 0 Å². The Labute approximate surface area is 99.9 Å². The summed E-state index contributed by atoms with van der Waals surface area (Å²) < 4.78 is 16.1. The predicted octanol–water partition coefficient (Wildman–Crippen LogP) is 2.84. The van der Waals surface area contributed by atoms with Crippen molar-refractivity contribution >= 4 is 5.69 Å². The van der Waals surface area contributed by atoms with Crippen LogP contribution >= 0.6 is 0 Å². The Morgan fingerprint density at radius 2 is 1.94 bits per heavy atom. The van der Waals surface area contributed by atoms with Crippen LogP contribution < -0.4 is 15.2 Å². The summed E-state index contributed by atoms with van der Waals surface area (Å²) in [6.45, 7) is 2.90. The number of rotatable bonds is 5. The van der Waals surface area contributed by atoms with Crippen molar-refractivity contribution in [2.24, 2.45) is 0 Å². The Balaban J connectivity index is 2.04. The summed E-state index contributed by atoms with van der Waals surface area (Å²) in [6.07, 6.45) is 1.61. The summed E-state index contributed by atoms with van der Waals surface area (Å²) in [5, 5.41) is 0. The lowest BCUT2D eigenvalue weighted by atomic mass is 10.3. The van der Waals surface area contributed by atoms with Crippen LogP contribution in [0.1, 0.15) is 12.7 Å². The number of nitrogen functional groups attached to an aromatic ring is 1. The van der Waals surface area contributed by atoms with Crippen molar-refractivity contribution in [2.75, 3.05) is 12.3 Å². The van der Waals surface area contributed by atoms with Crippen LogP contribution in [0.5, 0.6) is 11.5 Å². The third-order valence-corrected chi connectivity index (χ3v) is 2.17. The molecule has 2 rings (SSSR count). The highest BCUT2D eigenvalue weighted by molar-refractivity contribution is 5.50. The second kappa shape index (κ2) is 5.30. The minimum atomic E-state index is 0.377. The van der Waals surface area contributed by atoms with Gasteiger partial charge in [-0.1, -0.05) is 0 Å². The number of benzene rings is 1. The Morgan fingerprint density at radius 1 is 1.18 bits per heavy atom. The van der Waals surface area contributed by atoms with Crippen molar-refractivity contribution in [3.8, 4) is 11.5 Å². The van der Waals surface area contributed by atoms with Crippen LogP contribution in [-0.4, -0.2) is 6.61 Å². The molecule has 0 saturated heterocycles. The first-order chi connectivity index (χ1) is 8.28. The van der Waals surface area contributed by atoms with Gasteiger partial charge >= 0.3 is 0 Å². The van der Waals surface area contributed by atoms with E-state index in [0.717, 1.165) is 5.76 Å². The monoisotopic (exact) mass is 233 g/mol. The Morgan fingerprint density at radius 3 is 2.59 bits per heavy atom. The van der Waals surface area contributed by atoms with E-state index in [4.69, 9.17) is 19.6 Å². The molecular formula is C13H15NO3. The van der Waals surface area contributed by atoms with E-state index in [1.165, 1.54) is 0 Å². The number of furan rings is 1. The normalized spacial score (nSPS) is 10.2. The standard InChI is InChI=1S/C13H15NO3/c1-2-15-12-6-10(14)7-13(8-12)17-9-11-4-3-5-16-11/h3-8H,2,9,14H2,1H3. The highest BCUT2D eigenvalue weighted by Gasteiger charge is 2.02. The fourth-order valence-corrected chi connectivity index (χ4v) is 1.48. The first-order valence-electron chi connectivity index (χ1n) is 5.46. The molecule has 0 fully saturated rings. The molecule has 0 aliphatic carbocycles. The molecule has 0 saturated carbocycles. The van der Waals surface area contributed by atoms with Crippen LogP contribution in [0.25, 0.3) is 0 Å². The lowest BCUT2D eigenvalue weighted by molar-refractivity contribution is 0.267. The Kier molecular flexibility index (Phi) is 3.55. The average Bonchev–Trinajstić information content (AvgIpc) is 2.79. The number of hydrogen-bond acceptors (Lipinski definition) is 4. The van der Waals surface area contributed by atoms with Gasteiger partial charge in [-0.25, -0.2) is 0 Å². The molecule has 4 heteroatoms. The van der Waals surface area contributed by atoms with Crippen LogP contribution in [0, 0.1) is 0 Å². The van der Waals surface area contributed by atoms with E-state index in [-0.39, 0.29) is 0 Å². The van der Waals surface area contributed by atoms with Gasteiger partial charge in [0.1, 0.15) is 23.9 Å². The van der Waals surface area contributed by atoms with Gasteiger partial charge < -0.3 is 19.6 Å². The first-order valence-corrected chi connectivity index (χ1v) is 5.46. The second-order valence-corrected chi connectivity index (χ2v) is 3.54. The van der Waals surface area contributed by atoms with Crippen LogP contribution in [0.4, 0.5) is 5.69 Å². The van der Waals surface area contributed by atoms with Gasteiger partial charge in [-0.2, -0.15) is 0 Å². The van der Waals surface area contributed by atoms with Crippen molar-refractivity contribution in [1.29, 1.82) is 0 Å². The van der Waals surface area contributed by atoms with Crippen molar-refractivity contribution in [2.45, 2.75) is 13.5 Å². The molecule has 1 aromatic carbocycles. The molecule has 0 spiro atoms. The van der Waals surface area contributed by atoms with Gasteiger partial charge in [-0.3, -0.25) is 0 Å². The van der Waals surface area contributed by atoms with Crippen molar-refractivity contribution in [3.05, 3.63) is 42.4 Å². The third-order valence-electron chi connectivity index (χ3n) is 2.17. The van der Waals surface area contributed by atoms with Crippen LogP contribution in [-0.2, 0) is 6.61 Å². The highest BCUT2D eigenvalue weighted by Crippen LogP contribution is 2.25. The zero-order valence-electron chi connectivity index (χ0n) is 9.68. The van der Waals surface area contributed by atoms with E-state index in [0.29, 0.717) is 30.4 Å². The molecule has 0 radical (unpaired) electrons. The molecule has 0 atom stereocenters. The summed E-state index contributed by atoms with van der Waals surface area (Å²) in [7, 11) is 0. The van der Waals surface area contributed by atoms with Gasteiger partial charge in [0.25, 0.3) is 0 Å². The number of hydrogen-bond donors (Lipinski definition) is 1. The van der Waals surface area contributed by atoms with Crippen molar-refractivity contribution in [1.82, 2.24) is 0 Å². The first kappa shape index (κ1) is 11.4. The molecule has 0 unspecified atom stereocenters. The SMILES string of the molecule is CCOc1cc(N)cc(OCc2ccco2)c1. The highest BCUT2D eigenvalue weighted by atomic mass is 16.5. The molecule has 0 aliphatic rings. The van der Waals surface area contributed by atoms with E-state index in [1.807, 2.05) is 25.1 Å². The van der Waals surface area contributed by atoms with E-state index in [2.05, 4.69) is 0 Å². The molecule has 17 heavy (non-hydrogen) atoms. The summed E-state index contributed by atoms with van der Waals surface area (Å²) in [5.74, 6) is 2.15. The van der Waals surface area contributed by atoms with E-state index < -0.39 is 0 Å². The maximum Gasteiger partial charge on any atom is 0.146 e. The third kappa shape index (κ3) is 3.17. The van der Waals surface area contributed by atoms with Gasteiger partial charge in [-0.05, 0) is 19.1 Å². The Bertz CT molecular complexity index is 466. The maximum atomic E-state index is 5.76. The van der Waals surface area contributed by atoms with Crippen molar-refractivity contribution in [3.63, 3.8) is 0 Å². The quantitative estimate of drug-likeness (QED) is 0.807. The molecule has 0 bridgehead atoms. The molecule has 2 aromatic rings. The van der Waals surface area contributed by atoms with Gasteiger partial charge in [0.05, 0.1) is 12.9 Å². The zero-order valence-corrected chi connectivity index (χ0v) is 9.68. The smallest absolute Gasteiger partial charge is 0.146 e. The molecule has 0 amide bonds. The lowest BCUT2D eigenvalue weighted by Gasteiger charge is -2.09. The second-order valence-electron chi connectivity index (χ2n) is 3.54. The summed E-state index contributed by atoms with van der Waals surface area (Å²) >= 11 is 0. The van der Waals surface area contributed by atoms with Gasteiger partial charge in [0.2, 0.25) is 0 Å². The fraction of sp³-hybridized carbons (Fsp3) is 0.231. The van der Waals surface area contributed by atoms with E-state index in [1.54, 1.807) is 18.4 Å². The number of anilines is 1. The molecule has 2 N–H and O–H groups in total. The molecule has 1 aromatic heterocycles. The summed E-state index contributed by atoms with van der Waals surface area (Å²) in [5.41, 5.74) is 6.37. The maximum absolute atomic E-state index is 5.76. The van der Waals surface area contributed by atoms with E-state index >= 15 is 0 Å². The molecule has 90 valence electrons. The largest absolute Gasteiger partial charge is 0.494 e. The van der Waals surface area contributed by atoms with Gasteiger partial charge in [0, 0.05) is 23.9 Å². The topological polar surface area (TPSA) is 57.6 Å². The summed E-state index contributed by atoms with van der Waals surface area (Å²) in [6, 6.07) is 9.01. The minimum absolute atomic E-state index is 0.377. The number of ether oxygens (including phenoxy) is 2. The molecule has 0 aliphatic heterocycles. The molecule has 4 nitrogen and oxygen atoms in total. The average molecular weight is 233 g/mol. The van der Waals surface area contributed by atoms with Crippen LogP contribution in [0.2, 0.25) is 0 Å². The lowest BCUT2D eigenvalue weighted by Crippen LogP contribution is -1.97. The Hall–Kier alpha value is -2.10. The van der Waals surface area contributed by atoms with Gasteiger partial charge in [0.15, 0.2) is 0 Å². The van der Waals surface area contributed by atoms with Crippen LogP contribution in [0.3, 0.4) is 0 Å². The van der Waals surface area contributed by atoms with Gasteiger partial charge in [-0.15, -0.1) is 0 Å². The zero-order chi connectivity index (χ0) is 12.1. The molecule has 1 heterocycles. The van der Waals surface area contributed by atoms with Crippen LogP contribution in [0.15, 0.2) is 41.0 Å². The molecular weight excluding hydrogens is 218 g/mol. The minimum Gasteiger partial charge on any atom is -0.494 e. The predicted molar refractivity (Wildman–Crippen MR) is 65.1 cm³/mol. The fourth-order valence-electron chi connectivity index (χ4n) is 1.48. The summed E-state index contributed by atoms with van der Waals surface area (Å²) in [4.78, 5) is 0. The van der Waals surface area contributed by atoms with Crippen molar-refractivity contribution < 1.29 is 13.9 Å². The number of nitrogens with two attached hydrogens (primary N) is 1.